The van der Waals surface area contributed by atoms with Gasteiger partial charge in [0.15, 0.2) is 0 Å². The monoisotopic (exact) mass is 210 g/mol. The fraction of sp³-hybridized carbons (Fsp3) is 0.273. The number of hydrogen-bond acceptors (Lipinski definition) is 3. The molecule has 0 fully saturated rings. The smallest absolute Gasteiger partial charge is 0.374 e. The SMILES string of the molecule is COC(=O)C(=O)Cc1cccc(F)c1C. The Balaban J connectivity index is 2.86. The Bertz CT molecular complexity index is 399. The summed E-state index contributed by atoms with van der Waals surface area (Å²) in [5.41, 5.74) is 0.889. The first-order chi connectivity index (χ1) is 7.06. The van der Waals surface area contributed by atoms with E-state index < -0.39 is 11.8 Å². The lowest BCUT2D eigenvalue weighted by Gasteiger charge is -2.04. The van der Waals surface area contributed by atoms with Gasteiger partial charge in [-0.05, 0) is 24.1 Å². The molecule has 0 unspecified atom stereocenters. The average molecular weight is 210 g/mol. The molecular weight excluding hydrogens is 199 g/mol. The molecule has 0 aliphatic carbocycles. The van der Waals surface area contributed by atoms with Crippen molar-refractivity contribution in [3.05, 3.63) is 35.1 Å². The number of benzene rings is 1. The number of ether oxygens (including phenoxy) is 1. The molecule has 80 valence electrons. The van der Waals surface area contributed by atoms with E-state index in [1.54, 1.807) is 13.0 Å². The molecule has 1 aromatic rings. The lowest BCUT2D eigenvalue weighted by atomic mass is 10.0. The van der Waals surface area contributed by atoms with Gasteiger partial charge in [-0.2, -0.15) is 0 Å². The predicted molar refractivity (Wildman–Crippen MR) is 51.9 cm³/mol. The summed E-state index contributed by atoms with van der Waals surface area (Å²) < 4.78 is 17.4. The van der Waals surface area contributed by atoms with E-state index in [2.05, 4.69) is 4.74 Å². The Hall–Kier alpha value is -1.71. The second kappa shape index (κ2) is 4.68. The van der Waals surface area contributed by atoms with Gasteiger partial charge >= 0.3 is 5.97 Å². The topological polar surface area (TPSA) is 43.4 Å². The number of methoxy groups -OCH3 is 1. The van der Waals surface area contributed by atoms with Crippen LogP contribution in [0.1, 0.15) is 11.1 Å². The molecular formula is C11H11FO3. The van der Waals surface area contributed by atoms with Gasteiger partial charge in [-0.25, -0.2) is 9.18 Å². The third-order valence-corrected chi connectivity index (χ3v) is 2.14. The molecule has 0 aliphatic heterocycles. The molecule has 0 N–H and O–H groups in total. The van der Waals surface area contributed by atoms with E-state index in [0.29, 0.717) is 11.1 Å². The van der Waals surface area contributed by atoms with Crippen LogP contribution in [0.4, 0.5) is 4.39 Å². The van der Waals surface area contributed by atoms with Crippen LogP contribution in [-0.4, -0.2) is 18.9 Å². The van der Waals surface area contributed by atoms with Crippen molar-refractivity contribution in [2.24, 2.45) is 0 Å². The quantitative estimate of drug-likeness (QED) is 0.559. The zero-order valence-corrected chi connectivity index (χ0v) is 8.54. The van der Waals surface area contributed by atoms with Crippen LogP contribution in [0.5, 0.6) is 0 Å². The van der Waals surface area contributed by atoms with Crippen LogP contribution in [0, 0.1) is 12.7 Å². The predicted octanol–water partition coefficient (Wildman–Crippen LogP) is 1.42. The average Bonchev–Trinajstić information content (AvgIpc) is 2.23. The van der Waals surface area contributed by atoms with E-state index >= 15 is 0 Å². The highest BCUT2D eigenvalue weighted by atomic mass is 19.1. The van der Waals surface area contributed by atoms with Gasteiger partial charge in [0.2, 0.25) is 5.78 Å². The highest BCUT2D eigenvalue weighted by Crippen LogP contribution is 2.12. The normalized spacial score (nSPS) is 9.80. The second-order valence-electron chi connectivity index (χ2n) is 3.12. The number of carbonyl (C=O) groups excluding carboxylic acids is 2. The van der Waals surface area contributed by atoms with Crippen LogP contribution in [0.25, 0.3) is 0 Å². The Morgan fingerprint density at radius 3 is 2.67 bits per heavy atom. The summed E-state index contributed by atoms with van der Waals surface area (Å²) in [6, 6.07) is 4.42. The number of rotatable bonds is 3. The minimum absolute atomic E-state index is 0.129. The van der Waals surface area contributed by atoms with Crippen molar-refractivity contribution in [1.29, 1.82) is 0 Å². The molecule has 0 aromatic heterocycles. The maximum Gasteiger partial charge on any atom is 0.374 e. The molecule has 1 rings (SSSR count). The molecule has 0 aliphatic rings. The minimum Gasteiger partial charge on any atom is -0.463 e. The number of ketones is 1. The van der Waals surface area contributed by atoms with Gasteiger partial charge in [-0.3, -0.25) is 4.79 Å². The van der Waals surface area contributed by atoms with Crippen molar-refractivity contribution in [2.45, 2.75) is 13.3 Å². The van der Waals surface area contributed by atoms with Gasteiger partial charge in [-0.15, -0.1) is 0 Å². The zero-order chi connectivity index (χ0) is 11.4. The van der Waals surface area contributed by atoms with Gasteiger partial charge < -0.3 is 4.74 Å². The maximum absolute atomic E-state index is 13.1. The first-order valence-corrected chi connectivity index (χ1v) is 4.41. The number of carbonyl (C=O) groups is 2. The van der Waals surface area contributed by atoms with Gasteiger partial charge in [0.1, 0.15) is 5.82 Å². The van der Waals surface area contributed by atoms with E-state index in [1.807, 2.05) is 0 Å². The van der Waals surface area contributed by atoms with E-state index in [0.717, 1.165) is 7.11 Å². The van der Waals surface area contributed by atoms with Crippen LogP contribution in [0.3, 0.4) is 0 Å². The molecule has 0 spiro atoms. The first-order valence-electron chi connectivity index (χ1n) is 4.41. The molecule has 0 atom stereocenters. The van der Waals surface area contributed by atoms with Crippen LogP contribution < -0.4 is 0 Å². The van der Waals surface area contributed by atoms with Crippen LogP contribution >= 0.6 is 0 Å². The Morgan fingerprint density at radius 1 is 1.40 bits per heavy atom. The van der Waals surface area contributed by atoms with Crippen LogP contribution in [-0.2, 0) is 20.7 Å². The van der Waals surface area contributed by atoms with E-state index in [1.165, 1.54) is 12.1 Å². The molecule has 4 heteroatoms. The summed E-state index contributed by atoms with van der Waals surface area (Å²) in [5.74, 6) is -1.96. The molecule has 15 heavy (non-hydrogen) atoms. The third kappa shape index (κ3) is 2.62. The molecule has 3 nitrogen and oxygen atoms in total. The molecule has 0 amide bonds. The Morgan fingerprint density at radius 2 is 2.07 bits per heavy atom. The van der Waals surface area contributed by atoms with Crippen molar-refractivity contribution in [1.82, 2.24) is 0 Å². The van der Waals surface area contributed by atoms with Crippen molar-refractivity contribution < 1.29 is 18.7 Å². The number of halogens is 1. The van der Waals surface area contributed by atoms with E-state index in [4.69, 9.17) is 0 Å². The lowest BCUT2D eigenvalue weighted by Crippen LogP contribution is -2.18. The first kappa shape index (κ1) is 11.4. The third-order valence-electron chi connectivity index (χ3n) is 2.14. The minimum atomic E-state index is -0.904. The van der Waals surface area contributed by atoms with E-state index in [9.17, 15) is 14.0 Å². The van der Waals surface area contributed by atoms with Gasteiger partial charge in [-0.1, -0.05) is 12.1 Å². The van der Waals surface area contributed by atoms with Crippen molar-refractivity contribution in [2.75, 3.05) is 7.11 Å². The lowest BCUT2D eigenvalue weighted by molar-refractivity contribution is -0.151. The van der Waals surface area contributed by atoms with Gasteiger partial charge in [0.05, 0.1) is 7.11 Å². The zero-order valence-electron chi connectivity index (χ0n) is 8.54. The number of Topliss-reactive ketones (excluding diaryl/α,β-unsaturated/α-hetero) is 1. The summed E-state index contributed by atoms with van der Waals surface area (Å²) in [6.45, 7) is 1.56. The maximum atomic E-state index is 13.1. The highest BCUT2D eigenvalue weighted by Gasteiger charge is 2.16. The summed E-state index contributed by atoms with van der Waals surface area (Å²) >= 11 is 0. The summed E-state index contributed by atoms with van der Waals surface area (Å²) in [6.07, 6.45) is -0.129. The standard InChI is InChI=1S/C11H11FO3/c1-7-8(4-3-5-9(7)12)6-10(13)11(14)15-2/h3-5H,6H2,1-2H3. The molecule has 0 saturated heterocycles. The molecule has 0 bridgehead atoms. The number of hydrogen-bond donors (Lipinski definition) is 0. The molecule has 0 heterocycles. The van der Waals surface area contributed by atoms with Crippen LogP contribution in [0.15, 0.2) is 18.2 Å². The second-order valence-corrected chi connectivity index (χ2v) is 3.12. The Kier molecular flexibility index (Phi) is 3.55. The largest absolute Gasteiger partial charge is 0.463 e. The summed E-state index contributed by atoms with van der Waals surface area (Å²) in [4.78, 5) is 22.1. The Labute approximate surface area is 86.9 Å². The molecule has 1 aromatic carbocycles. The van der Waals surface area contributed by atoms with E-state index in [-0.39, 0.29) is 12.2 Å². The summed E-state index contributed by atoms with van der Waals surface area (Å²) in [5, 5.41) is 0. The van der Waals surface area contributed by atoms with Crippen LogP contribution in [0.2, 0.25) is 0 Å². The fourth-order valence-electron chi connectivity index (χ4n) is 1.20. The fourth-order valence-corrected chi connectivity index (χ4v) is 1.20. The van der Waals surface area contributed by atoms with Crippen molar-refractivity contribution in [3.8, 4) is 0 Å². The van der Waals surface area contributed by atoms with Gasteiger partial charge in [0, 0.05) is 6.42 Å². The molecule has 0 saturated carbocycles. The highest BCUT2D eigenvalue weighted by molar-refractivity contribution is 6.34. The van der Waals surface area contributed by atoms with Crippen molar-refractivity contribution in [3.63, 3.8) is 0 Å². The van der Waals surface area contributed by atoms with Crippen molar-refractivity contribution >= 4 is 11.8 Å². The number of esters is 1. The molecule has 0 radical (unpaired) electrons. The summed E-state index contributed by atoms with van der Waals surface area (Å²) in [7, 11) is 1.14. The van der Waals surface area contributed by atoms with Gasteiger partial charge in [0.25, 0.3) is 0 Å².